The van der Waals surface area contributed by atoms with Crippen molar-refractivity contribution >= 4 is 170 Å². The van der Waals surface area contributed by atoms with Gasteiger partial charge in [-0.05, 0) is 161 Å². The molecule has 8 saturated heterocycles. The molecule has 8 fully saturated rings. The number of nitrogens with zero attached hydrogens (tertiary/aromatic N) is 9. The first kappa shape index (κ1) is 95.3. The summed E-state index contributed by atoms with van der Waals surface area (Å²) in [6.07, 6.45) is 0.354. The average Bonchev–Trinajstić information content (AvgIpc) is 0.799. The highest BCUT2D eigenvalue weighted by molar-refractivity contribution is 9.19. The highest BCUT2D eigenvalue weighted by Gasteiger charge is 2.49. The maximum absolute atomic E-state index is 12.9. The first-order chi connectivity index (χ1) is 52.7. The van der Waals surface area contributed by atoms with Crippen molar-refractivity contribution in [2.45, 2.75) is 205 Å². The molecule has 33 nitrogen and oxygen atoms in total. The van der Waals surface area contributed by atoms with Gasteiger partial charge in [-0.2, -0.15) is 19.6 Å². The summed E-state index contributed by atoms with van der Waals surface area (Å²) in [5, 5.41) is 6.26. The van der Waals surface area contributed by atoms with Crippen LogP contribution in [0.1, 0.15) is 158 Å². The molecule has 17 amide bonds. The third kappa shape index (κ3) is 30.5. The van der Waals surface area contributed by atoms with Gasteiger partial charge < -0.3 is 49.2 Å². The minimum atomic E-state index is -1.03. The molecule has 0 aliphatic carbocycles. The van der Waals surface area contributed by atoms with Gasteiger partial charge in [0.15, 0.2) is 0 Å². The quantitative estimate of drug-likeness (QED) is 0.104. The standard InChI is InChI=1S/C22H28N2O5.C16H22BrN3O6.C14H21N3O5.C12H16N2O.C10H14BrNO4.C2H2Br2O/c1-22(2,3)29-21(28)24-18(25)10-9-17(20(24)27)23-12-11-16(14-19(23)26)13-15-7-5-4-6-8-15;1-16(2,3)26-15(25)20-11(21)5-4-10(14(20)24)19-7-6-18(9-13(19)23)12(22)8-17;1-14(2,3)22-13(21)17-10(18)5-4-9(12(17)20)16-7-6-15-8-11(16)19;15-12-10-14(9-7-13-12)8-6-11-4-2-1-3-5-11;1-10(2,3)16-9(15)12-7(13)5-4-6(11)8(12)14;3-1-2(4)5/h4-8,16-17H,9-14H2,1-3H3;10H,4-9H2,1-3H3;9,15H,4-8H2,1-3H3;1-5H,6-10H2,(H,13,15);6H,4-5H2,1-3H3;1H2. The summed E-state index contributed by atoms with van der Waals surface area (Å²) in [5.74, 6) is -5.49. The van der Waals surface area contributed by atoms with E-state index < -0.39 is 117 Å². The van der Waals surface area contributed by atoms with Crippen molar-refractivity contribution in [2.75, 3.05) is 82.7 Å². The lowest BCUT2D eigenvalue weighted by atomic mass is 9.88. The first-order valence-electron chi connectivity index (χ1n) is 37.0. The van der Waals surface area contributed by atoms with Crippen molar-refractivity contribution in [2.24, 2.45) is 5.92 Å². The number of halogens is 4. The third-order valence-electron chi connectivity index (χ3n) is 17.5. The van der Waals surface area contributed by atoms with E-state index in [-0.39, 0.29) is 110 Å². The van der Waals surface area contributed by atoms with E-state index in [0.717, 1.165) is 38.9 Å². The lowest BCUT2D eigenvalue weighted by molar-refractivity contribution is -0.159. The molecule has 0 bridgehead atoms. The van der Waals surface area contributed by atoms with E-state index in [1.54, 1.807) is 83.1 Å². The molecule has 10 rings (SSSR count). The largest absolute Gasteiger partial charge is 0.443 e. The molecule has 2 N–H and O–H groups in total. The number of piperidine rings is 5. The van der Waals surface area contributed by atoms with E-state index in [0.29, 0.717) is 70.5 Å². The molecular weight excluding hydrogens is 1740 g/mol. The summed E-state index contributed by atoms with van der Waals surface area (Å²) in [4.78, 5) is 225. The van der Waals surface area contributed by atoms with Crippen LogP contribution in [0.4, 0.5) is 19.2 Å². The lowest BCUT2D eigenvalue weighted by Gasteiger charge is -2.41. The SMILES string of the molecule is CC(C)(C)OC(=O)N1C(=O)CCC(Br)C1=O.CC(C)(C)OC(=O)N1C(=O)CCC(N2CCC(Cc3ccccc3)CC2=O)C1=O.CC(C)(C)OC(=O)N1C(=O)CCC(N2CCN(C(=O)CBr)CC2=O)C1=O.CC(C)(C)OC(=O)N1C(=O)CCC(N2CCNCC2=O)C1=O.O=C(Br)CBr.O=C1CN(CCc2ccccc2)CCN1. The summed E-state index contributed by atoms with van der Waals surface area (Å²) >= 11 is 11.8. The van der Waals surface area contributed by atoms with Crippen LogP contribution in [0.2, 0.25) is 0 Å². The summed E-state index contributed by atoms with van der Waals surface area (Å²) in [7, 11) is 0. The molecule has 0 saturated carbocycles. The summed E-state index contributed by atoms with van der Waals surface area (Å²) in [6.45, 7) is 25.1. The van der Waals surface area contributed by atoms with E-state index in [1.165, 1.54) is 30.7 Å². The smallest absolute Gasteiger partial charge is 0.424 e. The number of hydrogen-bond donors (Lipinski definition) is 2. The number of imide groups is 12. The molecule has 37 heteroatoms. The predicted molar refractivity (Wildman–Crippen MR) is 422 cm³/mol. The Morgan fingerprint density at radius 1 is 0.442 bits per heavy atom. The van der Waals surface area contributed by atoms with Gasteiger partial charge >= 0.3 is 24.4 Å². The van der Waals surface area contributed by atoms with Crippen LogP contribution in [0.15, 0.2) is 60.7 Å². The number of rotatable bonds is 10. The van der Waals surface area contributed by atoms with Gasteiger partial charge in [0.05, 0.1) is 35.1 Å². The van der Waals surface area contributed by atoms with Crippen molar-refractivity contribution < 1.29 is 105 Å². The van der Waals surface area contributed by atoms with Gasteiger partial charge in [-0.3, -0.25) is 72.0 Å². The maximum Gasteiger partial charge on any atom is 0.424 e. The van der Waals surface area contributed by atoms with Crippen LogP contribution in [0, 0.1) is 5.92 Å². The minimum absolute atomic E-state index is 0.0162. The molecule has 2 aromatic rings. The fraction of sp³-hybridized carbons (Fsp3) is 0.605. The van der Waals surface area contributed by atoms with Crippen molar-refractivity contribution in [3.05, 3.63) is 71.8 Å². The molecule has 8 heterocycles. The molecular formula is C76H103Br4N11O22. The van der Waals surface area contributed by atoms with Crippen molar-refractivity contribution in [3.8, 4) is 0 Å². The van der Waals surface area contributed by atoms with E-state index in [4.69, 9.17) is 18.9 Å². The normalized spacial score (nSPS) is 21.5. The highest BCUT2D eigenvalue weighted by Crippen LogP contribution is 2.31. The Labute approximate surface area is 691 Å². The number of alkyl halides is 3. The second-order valence-corrected chi connectivity index (χ2v) is 34.3. The van der Waals surface area contributed by atoms with E-state index >= 15 is 0 Å². The molecule has 622 valence electrons. The Kier molecular flexibility index (Phi) is 36.7. The van der Waals surface area contributed by atoms with E-state index in [2.05, 4.69) is 104 Å². The van der Waals surface area contributed by atoms with Crippen LogP contribution in [0.5, 0.6) is 0 Å². The zero-order valence-corrected chi connectivity index (χ0v) is 72.2. The maximum atomic E-state index is 12.9. The molecule has 0 spiro atoms. The van der Waals surface area contributed by atoms with Gasteiger partial charge in [0.2, 0.25) is 57.9 Å². The van der Waals surface area contributed by atoms with Crippen LogP contribution >= 0.6 is 63.7 Å². The Bertz CT molecular complexity index is 3830. The molecule has 0 aromatic heterocycles. The molecule has 2 aromatic carbocycles. The first-order valence-corrected chi connectivity index (χ1v) is 41.0. The average molecular weight is 1840 g/mol. The number of piperazine rings is 3. The van der Waals surface area contributed by atoms with Gasteiger partial charge in [-0.15, -0.1) is 0 Å². The number of likely N-dealkylation sites (tertiary alicyclic amines) is 5. The number of hydrogen-bond acceptors (Lipinski definition) is 24. The zero-order valence-electron chi connectivity index (χ0n) is 65.9. The molecule has 5 atom stereocenters. The highest BCUT2D eigenvalue weighted by atomic mass is 79.9. The van der Waals surface area contributed by atoms with Crippen LogP contribution in [-0.2, 0) is 98.9 Å². The number of benzene rings is 2. The lowest BCUT2D eigenvalue weighted by Crippen LogP contribution is -2.62. The van der Waals surface area contributed by atoms with Gasteiger partial charge in [-0.1, -0.05) is 108 Å². The number of amides is 17. The summed E-state index contributed by atoms with van der Waals surface area (Å²) in [5.41, 5.74) is -0.692. The Hall–Kier alpha value is -8.26. The molecule has 113 heavy (non-hydrogen) atoms. The van der Waals surface area contributed by atoms with Crippen LogP contribution in [0.3, 0.4) is 0 Å². The van der Waals surface area contributed by atoms with Gasteiger partial charge in [0, 0.05) is 84.5 Å². The third-order valence-corrected chi connectivity index (χ3v) is 20.4. The second-order valence-electron chi connectivity index (χ2n) is 31.1. The van der Waals surface area contributed by atoms with Crippen LogP contribution in [-0.4, -0.2) is 278 Å². The molecule has 0 radical (unpaired) electrons. The van der Waals surface area contributed by atoms with Gasteiger partial charge in [-0.25, -0.2) is 19.2 Å². The second kappa shape index (κ2) is 43.5. The number of ether oxygens (including phenoxy) is 4. The van der Waals surface area contributed by atoms with Crippen LogP contribution in [0.25, 0.3) is 0 Å². The van der Waals surface area contributed by atoms with Crippen molar-refractivity contribution in [3.63, 3.8) is 0 Å². The summed E-state index contributed by atoms with van der Waals surface area (Å²) in [6, 6.07) is 17.9. The topological polar surface area (TPSA) is 397 Å². The Morgan fingerprint density at radius 3 is 1.22 bits per heavy atom. The van der Waals surface area contributed by atoms with Crippen molar-refractivity contribution in [1.82, 2.24) is 54.7 Å². The number of carbonyl (C=O) groups is 18. The van der Waals surface area contributed by atoms with Gasteiger partial charge in [0.25, 0.3) is 23.6 Å². The van der Waals surface area contributed by atoms with Crippen molar-refractivity contribution in [1.29, 1.82) is 0 Å². The Morgan fingerprint density at radius 2 is 0.841 bits per heavy atom. The molecule has 5 unspecified atom stereocenters. The van der Waals surface area contributed by atoms with Crippen LogP contribution < -0.4 is 10.6 Å². The zero-order chi connectivity index (χ0) is 84.6. The fourth-order valence-electron chi connectivity index (χ4n) is 12.4. The minimum Gasteiger partial charge on any atom is -0.443 e. The predicted octanol–water partition coefficient (Wildman–Crippen LogP) is 7.09. The number of nitrogens with one attached hydrogen (secondary N) is 2. The molecule has 8 aliphatic heterocycles. The summed E-state index contributed by atoms with van der Waals surface area (Å²) < 4.78 is 20.4. The van der Waals surface area contributed by atoms with E-state index in [1.807, 2.05) is 36.4 Å². The molecule has 8 aliphatic rings. The monoisotopic (exact) mass is 1840 g/mol. The van der Waals surface area contributed by atoms with E-state index in [9.17, 15) is 86.3 Å². The Balaban J connectivity index is 0.000000253. The fourth-order valence-corrected chi connectivity index (χ4v) is 13.1. The van der Waals surface area contributed by atoms with Gasteiger partial charge in [0.1, 0.15) is 40.5 Å². The number of carbonyl (C=O) groups excluding carboxylic acids is 18.